The number of nitrogens with two attached hydrogens (primary N) is 1. The second-order valence-corrected chi connectivity index (χ2v) is 5.16. The zero-order chi connectivity index (χ0) is 15.4. The first-order valence-electron chi connectivity index (χ1n) is 7.58. The molecule has 0 radical (unpaired) electrons. The van der Waals surface area contributed by atoms with Gasteiger partial charge in [0.05, 0.1) is 6.61 Å². The van der Waals surface area contributed by atoms with Gasteiger partial charge in [-0.2, -0.15) is 4.98 Å². The third-order valence-corrected chi connectivity index (χ3v) is 3.81. The zero-order valence-corrected chi connectivity index (χ0v) is 12.8. The smallest absolute Gasteiger partial charge is 0.242 e. The summed E-state index contributed by atoms with van der Waals surface area (Å²) in [5, 5.41) is 0. The van der Waals surface area contributed by atoms with E-state index in [0.29, 0.717) is 18.2 Å². The van der Waals surface area contributed by atoms with E-state index >= 15 is 0 Å². The van der Waals surface area contributed by atoms with Gasteiger partial charge in [0.15, 0.2) is 5.82 Å². The molecule has 0 bridgehead atoms. The molecule has 1 aliphatic heterocycles. The van der Waals surface area contributed by atoms with Crippen LogP contribution in [0.4, 0.5) is 17.2 Å². The minimum Gasteiger partial charge on any atom is -0.476 e. The SMILES string of the molecule is CCOc1ncnc(N2CCN(c3ccccc3)CC2)c1N. The fraction of sp³-hybridized carbons (Fsp3) is 0.375. The monoisotopic (exact) mass is 299 g/mol. The summed E-state index contributed by atoms with van der Waals surface area (Å²) in [5.41, 5.74) is 7.92. The highest BCUT2D eigenvalue weighted by Gasteiger charge is 2.21. The maximum absolute atomic E-state index is 6.14. The Morgan fingerprint density at radius 3 is 2.41 bits per heavy atom. The predicted octanol–water partition coefficient (Wildman–Crippen LogP) is 1.78. The summed E-state index contributed by atoms with van der Waals surface area (Å²) in [4.78, 5) is 13.0. The molecule has 2 aromatic rings. The number of rotatable bonds is 4. The van der Waals surface area contributed by atoms with Crippen molar-refractivity contribution >= 4 is 17.2 Å². The molecule has 0 saturated carbocycles. The Hall–Kier alpha value is -2.50. The van der Waals surface area contributed by atoms with E-state index in [1.807, 2.05) is 13.0 Å². The molecule has 0 atom stereocenters. The minimum absolute atomic E-state index is 0.470. The molecule has 1 aliphatic rings. The summed E-state index contributed by atoms with van der Waals surface area (Å²) in [7, 11) is 0. The summed E-state index contributed by atoms with van der Waals surface area (Å²) in [6.07, 6.45) is 1.51. The van der Waals surface area contributed by atoms with Crippen molar-refractivity contribution in [3.05, 3.63) is 36.7 Å². The van der Waals surface area contributed by atoms with E-state index in [-0.39, 0.29) is 0 Å². The van der Waals surface area contributed by atoms with Crippen LogP contribution in [0.3, 0.4) is 0 Å². The molecule has 1 saturated heterocycles. The van der Waals surface area contributed by atoms with Crippen LogP contribution in [0.5, 0.6) is 5.88 Å². The van der Waals surface area contributed by atoms with Gasteiger partial charge in [-0.1, -0.05) is 18.2 Å². The molecule has 2 heterocycles. The lowest BCUT2D eigenvalue weighted by Crippen LogP contribution is -2.47. The molecule has 1 fully saturated rings. The second kappa shape index (κ2) is 6.51. The van der Waals surface area contributed by atoms with Gasteiger partial charge >= 0.3 is 0 Å². The Labute approximate surface area is 130 Å². The number of piperazine rings is 1. The van der Waals surface area contributed by atoms with Gasteiger partial charge in [-0.05, 0) is 19.1 Å². The van der Waals surface area contributed by atoms with E-state index in [0.717, 1.165) is 32.0 Å². The molecule has 22 heavy (non-hydrogen) atoms. The number of nitrogen functional groups attached to an aromatic ring is 1. The number of anilines is 3. The van der Waals surface area contributed by atoms with Gasteiger partial charge in [0.1, 0.15) is 12.0 Å². The molecule has 6 heteroatoms. The number of hydrogen-bond acceptors (Lipinski definition) is 6. The highest BCUT2D eigenvalue weighted by molar-refractivity contribution is 5.68. The zero-order valence-electron chi connectivity index (χ0n) is 12.8. The third-order valence-electron chi connectivity index (χ3n) is 3.81. The van der Waals surface area contributed by atoms with Crippen molar-refractivity contribution < 1.29 is 4.74 Å². The lowest BCUT2D eigenvalue weighted by atomic mass is 10.2. The summed E-state index contributed by atoms with van der Waals surface area (Å²) < 4.78 is 5.45. The molecule has 1 aromatic heterocycles. The fourth-order valence-electron chi connectivity index (χ4n) is 2.69. The van der Waals surface area contributed by atoms with Crippen molar-refractivity contribution in [3.63, 3.8) is 0 Å². The first-order chi connectivity index (χ1) is 10.8. The molecule has 1 aromatic carbocycles. The van der Waals surface area contributed by atoms with Gasteiger partial charge in [0, 0.05) is 31.9 Å². The number of para-hydroxylation sites is 1. The fourth-order valence-corrected chi connectivity index (χ4v) is 2.69. The molecule has 116 valence electrons. The number of aromatic nitrogens is 2. The van der Waals surface area contributed by atoms with Gasteiger partial charge in [-0.3, -0.25) is 0 Å². The maximum atomic E-state index is 6.14. The Morgan fingerprint density at radius 2 is 1.73 bits per heavy atom. The van der Waals surface area contributed by atoms with Crippen molar-refractivity contribution in [1.82, 2.24) is 9.97 Å². The van der Waals surface area contributed by atoms with Crippen LogP contribution in [0, 0.1) is 0 Å². The van der Waals surface area contributed by atoms with Gasteiger partial charge in [0.2, 0.25) is 5.88 Å². The highest BCUT2D eigenvalue weighted by atomic mass is 16.5. The first kappa shape index (κ1) is 14.4. The lowest BCUT2D eigenvalue weighted by molar-refractivity contribution is 0.328. The molecule has 0 spiro atoms. The van der Waals surface area contributed by atoms with Crippen molar-refractivity contribution in [2.75, 3.05) is 48.3 Å². The van der Waals surface area contributed by atoms with Gasteiger partial charge in [-0.25, -0.2) is 4.98 Å². The molecule has 2 N–H and O–H groups in total. The van der Waals surface area contributed by atoms with Crippen LogP contribution < -0.4 is 20.3 Å². The van der Waals surface area contributed by atoms with Crippen LogP contribution in [-0.4, -0.2) is 42.8 Å². The van der Waals surface area contributed by atoms with Crippen LogP contribution in [0.2, 0.25) is 0 Å². The topological polar surface area (TPSA) is 67.5 Å². The van der Waals surface area contributed by atoms with E-state index in [2.05, 4.69) is 44.0 Å². The Kier molecular flexibility index (Phi) is 4.27. The first-order valence-corrected chi connectivity index (χ1v) is 7.58. The summed E-state index contributed by atoms with van der Waals surface area (Å²) in [5.74, 6) is 1.24. The van der Waals surface area contributed by atoms with Crippen LogP contribution in [-0.2, 0) is 0 Å². The Balaban J connectivity index is 1.70. The van der Waals surface area contributed by atoms with Crippen molar-refractivity contribution in [2.45, 2.75) is 6.92 Å². The predicted molar refractivity (Wildman–Crippen MR) is 88.5 cm³/mol. The van der Waals surface area contributed by atoms with Gasteiger partial charge in [-0.15, -0.1) is 0 Å². The maximum Gasteiger partial charge on any atom is 0.242 e. The van der Waals surface area contributed by atoms with E-state index < -0.39 is 0 Å². The molecule has 6 nitrogen and oxygen atoms in total. The molecule has 3 rings (SSSR count). The molecule has 0 aliphatic carbocycles. The number of ether oxygens (including phenoxy) is 1. The van der Waals surface area contributed by atoms with E-state index in [1.54, 1.807) is 0 Å². The standard InChI is InChI=1S/C16H21N5O/c1-2-22-16-14(17)15(18-12-19-16)21-10-8-20(9-11-21)13-6-4-3-5-7-13/h3-7,12H,2,8-11,17H2,1H3. The second-order valence-electron chi connectivity index (χ2n) is 5.16. The molecule has 0 amide bonds. The average Bonchev–Trinajstić information content (AvgIpc) is 2.58. The van der Waals surface area contributed by atoms with Crippen molar-refractivity contribution in [2.24, 2.45) is 0 Å². The Bertz CT molecular complexity index is 611. The summed E-state index contributed by atoms with van der Waals surface area (Å²) >= 11 is 0. The highest BCUT2D eigenvalue weighted by Crippen LogP contribution is 2.29. The quantitative estimate of drug-likeness (QED) is 0.928. The van der Waals surface area contributed by atoms with Crippen LogP contribution in [0.25, 0.3) is 0 Å². The average molecular weight is 299 g/mol. The van der Waals surface area contributed by atoms with E-state index in [1.165, 1.54) is 12.0 Å². The third kappa shape index (κ3) is 2.90. The van der Waals surface area contributed by atoms with E-state index in [4.69, 9.17) is 10.5 Å². The van der Waals surface area contributed by atoms with Gasteiger partial charge < -0.3 is 20.3 Å². The summed E-state index contributed by atoms with van der Waals surface area (Å²) in [6.45, 7) is 6.10. The van der Waals surface area contributed by atoms with E-state index in [9.17, 15) is 0 Å². The van der Waals surface area contributed by atoms with Crippen LogP contribution >= 0.6 is 0 Å². The minimum atomic E-state index is 0.470. The number of nitrogens with zero attached hydrogens (tertiary/aromatic N) is 4. The number of hydrogen-bond donors (Lipinski definition) is 1. The van der Waals surface area contributed by atoms with Crippen LogP contribution in [0.15, 0.2) is 36.7 Å². The summed E-state index contributed by atoms with van der Waals surface area (Å²) in [6, 6.07) is 10.5. The lowest BCUT2D eigenvalue weighted by Gasteiger charge is -2.37. The Morgan fingerprint density at radius 1 is 1.05 bits per heavy atom. The molecular formula is C16H21N5O. The van der Waals surface area contributed by atoms with Crippen molar-refractivity contribution in [3.8, 4) is 5.88 Å². The molecular weight excluding hydrogens is 278 g/mol. The largest absolute Gasteiger partial charge is 0.476 e. The van der Waals surface area contributed by atoms with Crippen LogP contribution in [0.1, 0.15) is 6.92 Å². The molecule has 0 unspecified atom stereocenters. The normalized spacial score (nSPS) is 15.0. The number of benzene rings is 1. The van der Waals surface area contributed by atoms with Crippen molar-refractivity contribution in [1.29, 1.82) is 0 Å². The van der Waals surface area contributed by atoms with Gasteiger partial charge in [0.25, 0.3) is 0 Å².